The fraction of sp³-hybridized carbons (Fsp3) is 0.917. The summed E-state index contributed by atoms with van der Waals surface area (Å²) in [5, 5.41) is 3.23. The molecular weight excluding hydrogens is 204 g/mol. The van der Waals surface area contributed by atoms with Crippen LogP contribution in [-0.2, 0) is 9.53 Å². The monoisotopic (exact) mass is 226 g/mol. The Hall–Kier alpha value is -0.610. The van der Waals surface area contributed by atoms with Crippen LogP contribution >= 0.6 is 0 Å². The van der Waals surface area contributed by atoms with E-state index in [2.05, 4.69) is 5.32 Å². The maximum atomic E-state index is 11.7. The zero-order chi connectivity index (χ0) is 11.4. The van der Waals surface area contributed by atoms with Crippen molar-refractivity contribution in [2.24, 2.45) is 5.92 Å². The van der Waals surface area contributed by atoms with E-state index in [4.69, 9.17) is 4.74 Å². The average molecular weight is 226 g/mol. The van der Waals surface area contributed by atoms with Crippen LogP contribution in [0.5, 0.6) is 0 Å². The van der Waals surface area contributed by atoms with Crippen molar-refractivity contribution in [1.29, 1.82) is 0 Å². The smallest absolute Gasteiger partial charge is 0.236 e. The molecule has 4 nitrogen and oxygen atoms in total. The molecule has 0 radical (unpaired) electrons. The molecule has 1 aliphatic heterocycles. The molecule has 1 amide bonds. The Morgan fingerprint density at radius 3 is 2.88 bits per heavy atom. The lowest BCUT2D eigenvalue weighted by molar-refractivity contribution is -0.129. The lowest BCUT2D eigenvalue weighted by Crippen LogP contribution is -2.37. The van der Waals surface area contributed by atoms with E-state index in [1.807, 2.05) is 11.9 Å². The summed E-state index contributed by atoms with van der Waals surface area (Å²) in [6, 6.07) is 0.525. The van der Waals surface area contributed by atoms with Crippen molar-refractivity contribution in [3.05, 3.63) is 0 Å². The van der Waals surface area contributed by atoms with E-state index in [1.165, 1.54) is 19.3 Å². The third-order valence-corrected chi connectivity index (χ3v) is 3.52. The normalized spacial score (nSPS) is 24.7. The molecule has 4 heteroatoms. The third-order valence-electron chi connectivity index (χ3n) is 3.52. The second kappa shape index (κ2) is 5.64. The second-order valence-electron chi connectivity index (χ2n) is 4.93. The van der Waals surface area contributed by atoms with Gasteiger partial charge in [-0.25, -0.2) is 0 Å². The summed E-state index contributed by atoms with van der Waals surface area (Å²) in [4.78, 5) is 13.5. The highest BCUT2D eigenvalue weighted by atomic mass is 16.5. The van der Waals surface area contributed by atoms with Crippen LogP contribution in [-0.4, -0.2) is 50.2 Å². The average Bonchev–Trinajstić information content (AvgIpc) is 3.01. The number of hydrogen-bond donors (Lipinski definition) is 1. The highest BCUT2D eigenvalue weighted by Gasteiger charge is 2.29. The molecule has 0 bridgehead atoms. The van der Waals surface area contributed by atoms with Crippen LogP contribution in [0.3, 0.4) is 0 Å². The van der Waals surface area contributed by atoms with Crippen LogP contribution in [0.15, 0.2) is 0 Å². The number of carbonyl (C=O) groups is 1. The van der Waals surface area contributed by atoms with Crippen molar-refractivity contribution in [1.82, 2.24) is 10.2 Å². The van der Waals surface area contributed by atoms with Crippen LogP contribution in [0, 0.1) is 5.92 Å². The van der Waals surface area contributed by atoms with Gasteiger partial charge in [0.1, 0.15) is 0 Å². The van der Waals surface area contributed by atoms with Crippen LogP contribution < -0.4 is 5.32 Å². The minimum Gasteiger partial charge on any atom is -0.381 e. The molecule has 1 saturated heterocycles. The Balaban J connectivity index is 1.51. The van der Waals surface area contributed by atoms with E-state index in [9.17, 15) is 4.79 Å². The molecule has 2 fully saturated rings. The molecule has 1 aliphatic carbocycles. The van der Waals surface area contributed by atoms with Crippen LogP contribution in [0.1, 0.15) is 25.7 Å². The van der Waals surface area contributed by atoms with E-state index in [-0.39, 0.29) is 5.91 Å². The zero-order valence-electron chi connectivity index (χ0n) is 10.1. The zero-order valence-corrected chi connectivity index (χ0v) is 10.1. The number of amides is 1. The Kier molecular flexibility index (Phi) is 4.18. The number of carbonyl (C=O) groups excluding carboxylic acids is 1. The quantitative estimate of drug-likeness (QED) is 0.675. The van der Waals surface area contributed by atoms with Gasteiger partial charge in [-0.2, -0.15) is 0 Å². The third kappa shape index (κ3) is 3.46. The van der Waals surface area contributed by atoms with Crippen molar-refractivity contribution >= 4 is 5.91 Å². The van der Waals surface area contributed by atoms with E-state index in [1.54, 1.807) is 0 Å². The number of rotatable bonds is 6. The van der Waals surface area contributed by atoms with E-state index >= 15 is 0 Å². The lowest BCUT2D eigenvalue weighted by Gasteiger charge is -2.16. The Labute approximate surface area is 97.3 Å². The summed E-state index contributed by atoms with van der Waals surface area (Å²) >= 11 is 0. The van der Waals surface area contributed by atoms with Gasteiger partial charge in [0, 0.05) is 26.3 Å². The van der Waals surface area contributed by atoms with Gasteiger partial charge in [-0.05, 0) is 38.1 Å². The summed E-state index contributed by atoms with van der Waals surface area (Å²) in [6.07, 6.45) is 4.67. The molecule has 0 spiro atoms. The van der Waals surface area contributed by atoms with E-state index < -0.39 is 0 Å². The first-order valence-electron chi connectivity index (χ1n) is 6.31. The summed E-state index contributed by atoms with van der Waals surface area (Å²) in [7, 11) is 1.91. The van der Waals surface area contributed by atoms with Crippen molar-refractivity contribution in [2.75, 3.05) is 33.4 Å². The first-order chi connectivity index (χ1) is 7.77. The summed E-state index contributed by atoms with van der Waals surface area (Å²) in [5.41, 5.74) is 0. The maximum Gasteiger partial charge on any atom is 0.236 e. The SMILES string of the molecule is CN(C(=O)CNCCC1CCOC1)C1CC1. The first-order valence-corrected chi connectivity index (χ1v) is 6.31. The van der Waals surface area contributed by atoms with Crippen LogP contribution in [0.25, 0.3) is 0 Å². The highest BCUT2D eigenvalue weighted by Crippen LogP contribution is 2.25. The predicted octanol–water partition coefficient (Wildman–Crippen LogP) is 0.623. The standard InChI is InChI=1S/C12H22N2O2/c1-14(11-2-3-11)12(15)8-13-6-4-10-5-7-16-9-10/h10-11,13H,2-9H2,1H3. The van der Waals surface area contributed by atoms with Gasteiger partial charge in [0.15, 0.2) is 0 Å². The minimum atomic E-state index is 0.227. The summed E-state index contributed by atoms with van der Waals surface area (Å²) < 4.78 is 5.31. The molecule has 0 aromatic carbocycles. The van der Waals surface area contributed by atoms with Crippen LogP contribution in [0.4, 0.5) is 0 Å². The topological polar surface area (TPSA) is 41.6 Å². The maximum absolute atomic E-state index is 11.7. The van der Waals surface area contributed by atoms with Crippen molar-refractivity contribution in [3.63, 3.8) is 0 Å². The molecule has 0 aromatic rings. The fourth-order valence-electron chi connectivity index (χ4n) is 2.10. The Bertz CT molecular complexity index is 235. The minimum absolute atomic E-state index is 0.227. The van der Waals surface area contributed by atoms with Gasteiger partial charge < -0.3 is 15.0 Å². The number of nitrogens with zero attached hydrogens (tertiary/aromatic N) is 1. The van der Waals surface area contributed by atoms with Crippen LogP contribution in [0.2, 0.25) is 0 Å². The second-order valence-corrected chi connectivity index (χ2v) is 4.93. The van der Waals surface area contributed by atoms with Crippen molar-refractivity contribution in [3.8, 4) is 0 Å². The molecule has 1 unspecified atom stereocenters. The number of nitrogens with one attached hydrogen (secondary N) is 1. The Morgan fingerprint density at radius 2 is 2.25 bits per heavy atom. The van der Waals surface area contributed by atoms with E-state index in [0.29, 0.717) is 18.5 Å². The lowest BCUT2D eigenvalue weighted by atomic mass is 10.1. The first kappa shape index (κ1) is 11.9. The number of likely N-dealkylation sites (N-methyl/N-ethyl adjacent to an activating group) is 1. The fourth-order valence-corrected chi connectivity index (χ4v) is 2.10. The number of ether oxygens (including phenoxy) is 1. The van der Waals surface area contributed by atoms with Gasteiger partial charge >= 0.3 is 0 Å². The summed E-state index contributed by atoms with van der Waals surface area (Å²) in [6.45, 7) is 3.23. The Morgan fingerprint density at radius 1 is 1.44 bits per heavy atom. The summed E-state index contributed by atoms with van der Waals surface area (Å²) in [5.74, 6) is 0.925. The van der Waals surface area contributed by atoms with E-state index in [0.717, 1.165) is 26.2 Å². The van der Waals surface area contributed by atoms with Crippen molar-refractivity contribution < 1.29 is 9.53 Å². The molecule has 1 saturated carbocycles. The largest absolute Gasteiger partial charge is 0.381 e. The molecular formula is C12H22N2O2. The molecule has 0 aromatic heterocycles. The molecule has 1 heterocycles. The number of hydrogen-bond acceptors (Lipinski definition) is 3. The predicted molar refractivity (Wildman–Crippen MR) is 62.2 cm³/mol. The molecule has 92 valence electrons. The van der Waals surface area contributed by atoms with Gasteiger partial charge in [-0.1, -0.05) is 0 Å². The van der Waals surface area contributed by atoms with Crippen molar-refractivity contribution in [2.45, 2.75) is 31.7 Å². The highest BCUT2D eigenvalue weighted by molar-refractivity contribution is 5.78. The molecule has 2 aliphatic rings. The molecule has 16 heavy (non-hydrogen) atoms. The van der Waals surface area contributed by atoms with Gasteiger partial charge in [-0.15, -0.1) is 0 Å². The molecule has 2 rings (SSSR count). The molecule has 1 atom stereocenters. The van der Waals surface area contributed by atoms with Gasteiger partial charge in [-0.3, -0.25) is 4.79 Å². The molecule has 1 N–H and O–H groups in total. The van der Waals surface area contributed by atoms with Gasteiger partial charge in [0.05, 0.1) is 6.54 Å². The van der Waals surface area contributed by atoms with Gasteiger partial charge in [0.25, 0.3) is 0 Å². The van der Waals surface area contributed by atoms with Gasteiger partial charge in [0.2, 0.25) is 5.91 Å².